The van der Waals surface area contributed by atoms with Gasteiger partial charge in [-0.3, -0.25) is 9.10 Å². The third kappa shape index (κ3) is 4.19. The molecule has 0 aliphatic heterocycles. The summed E-state index contributed by atoms with van der Waals surface area (Å²) in [6, 6.07) is 13.5. The first-order chi connectivity index (χ1) is 13.3. The minimum atomic E-state index is -3.80. The molecule has 0 radical (unpaired) electrons. The smallest absolute Gasteiger partial charge is 0.264 e. The van der Waals surface area contributed by atoms with Crippen molar-refractivity contribution in [1.29, 1.82) is 0 Å². The van der Waals surface area contributed by atoms with Gasteiger partial charge in [-0.25, -0.2) is 12.8 Å². The van der Waals surface area contributed by atoms with Gasteiger partial charge in [0.25, 0.3) is 15.9 Å². The van der Waals surface area contributed by atoms with E-state index in [-0.39, 0.29) is 27.0 Å². The number of nitrogens with one attached hydrogen (secondary N) is 1. The summed E-state index contributed by atoms with van der Waals surface area (Å²) in [5.74, 6) is -0.908. The first-order valence-electron chi connectivity index (χ1n) is 8.14. The second-order valence-corrected chi connectivity index (χ2v) is 9.13. The molecule has 3 rings (SSSR count). The molecular formula is C19H16ClFN2O3S2. The van der Waals surface area contributed by atoms with Crippen LogP contribution in [0.25, 0.3) is 0 Å². The van der Waals surface area contributed by atoms with Crippen molar-refractivity contribution in [2.75, 3.05) is 11.4 Å². The van der Waals surface area contributed by atoms with Crippen LogP contribution in [0.4, 0.5) is 10.1 Å². The van der Waals surface area contributed by atoms with Gasteiger partial charge < -0.3 is 5.32 Å². The Morgan fingerprint density at radius 3 is 2.57 bits per heavy atom. The number of halogens is 2. The largest absolute Gasteiger partial charge is 0.347 e. The third-order valence-electron chi connectivity index (χ3n) is 4.05. The molecule has 0 unspecified atom stereocenters. The van der Waals surface area contributed by atoms with E-state index in [4.69, 9.17) is 11.6 Å². The molecule has 2 aromatic carbocycles. The van der Waals surface area contributed by atoms with Crippen molar-refractivity contribution in [2.45, 2.75) is 11.4 Å². The first-order valence-corrected chi connectivity index (χ1v) is 10.8. The van der Waals surface area contributed by atoms with Crippen molar-refractivity contribution in [3.63, 3.8) is 0 Å². The topological polar surface area (TPSA) is 66.5 Å². The van der Waals surface area contributed by atoms with Gasteiger partial charge in [0.05, 0.1) is 10.6 Å². The van der Waals surface area contributed by atoms with Gasteiger partial charge in [0.15, 0.2) is 0 Å². The highest BCUT2D eigenvalue weighted by molar-refractivity contribution is 7.92. The van der Waals surface area contributed by atoms with Gasteiger partial charge in [0.2, 0.25) is 0 Å². The van der Waals surface area contributed by atoms with Gasteiger partial charge in [-0.15, -0.1) is 11.3 Å². The van der Waals surface area contributed by atoms with Crippen LogP contribution in [0.5, 0.6) is 0 Å². The number of rotatable bonds is 6. The van der Waals surface area contributed by atoms with Gasteiger partial charge in [-0.1, -0.05) is 35.9 Å². The van der Waals surface area contributed by atoms with Crippen molar-refractivity contribution in [3.8, 4) is 0 Å². The minimum absolute atomic E-state index is 0.0877. The number of carbonyl (C=O) groups is 1. The number of thiophene rings is 1. The molecular weight excluding hydrogens is 423 g/mol. The number of hydrogen-bond acceptors (Lipinski definition) is 4. The molecule has 0 fully saturated rings. The molecule has 1 aromatic heterocycles. The summed E-state index contributed by atoms with van der Waals surface area (Å²) in [5, 5.41) is 4.54. The van der Waals surface area contributed by atoms with Gasteiger partial charge in [0, 0.05) is 18.6 Å². The lowest BCUT2D eigenvalue weighted by atomic mass is 10.2. The molecule has 1 heterocycles. The highest BCUT2D eigenvalue weighted by Crippen LogP contribution is 2.30. The lowest BCUT2D eigenvalue weighted by Gasteiger charge is -2.19. The lowest BCUT2D eigenvalue weighted by Crippen LogP contribution is -2.29. The van der Waals surface area contributed by atoms with Gasteiger partial charge >= 0.3 is 0 Å². The fourth-order valence-corrected chi connectivity index (χ4v) is 4.88. The molecule has 0 bridgehead atoms. The summed E-state index contributed by atoms with van der Waals surface area (Å²) >= 11 is 7.10. The molecule has 1 N–H and O–H groups in total. The average Bonchev–Trinajstić information content (AvgIpc) is 3.17. The van der Waals surface area contributed by atoms with Crippen LogP contribution in [0.15, 0.2) is 64.9 Å². The average molecular weight is 439 g/mol. The van der Waals surface area contributed by atoms with E-state index in [0.717, 1.165) is 15.6 Å². The Morgan fingerprint density at radius 1 is 1.18 bits per heavy atom. The van der Waals surface area contributed by atoms with E-state index in [1.165, 1.54) is 37.4 Å². The molecule has 0 saturated carbocycles. The van der Waals surface area contributed by atoms with Crippen LogP contribution in [0, 0.1) is 5.82 Å². The van der Waals surface area contributed by atoms with Crippen molar-refractivity contribution in [2.24, 2.45) is 0 Å². The van der Waals surface area contributed by atoms with Crippen molar-refractivity contribution in [3.05, 3.63) is 81.3 Å². The minimum Gasteiger partial charge on any atom is -0.347 e. The van der Waals surface area contributed by atoms with E-state index >= 15 is 0 Å². The number of benzene rings is 2. The maximum atomic E-state index is 13.1. The summed E-state index contributed by atoms with van der Waals surface area (Å²) in [4.78, 5) is 13.0. The fraction of sp³-hybridized carbons (Fsp3) is 0.105. The molecule has 0 atom stereocenters. The Labute approximate surface area is 171 Å². The molecule has 0 saturated heterocycles. The van der Waals surface area contributed by atoms with Crippen LogP contribution in [0.2, 0.25) is 5.02 Å². The molecule has 1 amide bonds. The number of amides is 1. The van der Waals surface area contributed by atoms with Gasteiger partial charge in [0.1, 0.15) is 10.7 Å². The lowest BCUT2D eigenvalue weighted by molar-refractivity contribution is 0.0955. The van der Waals surface area contributed by atoms with Gasteiger partial charge in [-0.2, -0.15) is 0 Å². The Bertz CT molecular complexity index is 1100. The Morgan fingerprint density at radius 2 is 1.89 bits per heavy atom. The maximum Gasteiger partial charge on any atom is 0.264 e. The summed E-state index contributed by atoms with van der Waals surface area (Å²) in [6.45, 7) is 0.0877. The fourth-order valence-electron chi connectivity index (χ4n) is 2.52. The zero-order chi connectivity index (χ0) is 20.3. The standard InChI is InChI=1S/C19H16ClFN2O3S2/c1-23(28(25,26)15-5-3-2-4-6-15)17-9-10-27-18(17)19(24)22-12-13-7-8-14(21)11-16(13)20/h2-11H,12H2,1H3,(H,22,24). The van der Waals surface area contributed by atoms with E-state index in [9.17, 15) is 17.6 Å². The molecule has 0 aliphatic rings. The van der Waals surface area contributed by atoms with Crippen LogP contribution in [-0.2, 0) is 16.6 Å². The number of sulfonamides is 1. The van der Waals surface area contributed by atoms with E-state index in [0.29, 0.717) is 5.56 Å². The number of hydrogen-bond donors (Lipinski definition) is 1. The van der Waals surface area contributed by atoms with Crippen LogP contribution < -0.4 is 9.62 Å². The molecule has 28 heavy (non-hydrogen) atoms. The number of nitrogens with zero attached hydrogens (tertiary/aromatic N) is 1. The van der Waals surface area contributed by atoms with E-state index < -0.39 is 21.7 Å². The second-order valence-electron chi connectivity index (χ2n) is 5.84. The Kier molecular flexibility index (Phi) is 6.02. The highest BCUT2D eigenvalue weighted by atomic mass is 35.5. The number of carbonyl (C=O) groups excluding carboxylic acids is 1. The van der Waals surface area contributed by atoms with E-state index in [2.05, 4.69) is 5.32 Å². The molecule has 0 spiro atoms. The zero-order valence-electron chi connectivity index (χ0n) is 14.7. The second kappa shape index (κ2) is 8.30. The summed E-state index contributed by atoms with van der Waals surface area (Å²) in [6.07, 6.45) is 0. The normalized spacial score (nSPS) is 11.2. The molecule has 3 aromatic rings. The van der Waals surface area contributed by atoms with Crippen molar-refractivity contribution in [1.82, 2.24) is 5.32 Å². The predicted molar refractivity (Wildman–Crippen MR) is 109 cm³/mol. The van der Waals surface area contributed by atoms with E-state index in [1.807, 2.05) is 0 Å². The summed E-state index contributed by atoms with van der Waals surface area (Å²) in [5.41, 5.74) is 0.830. The zero-order valence-corrected chi connectivity index (χ0v) is 17.1. The van der Waals surface area contributed by atoms with Crippen LogP contribution >= 0.6 is 22.9 Å². The summed E-state index contributed by atoms with van der Waals surface area (Å²) < 4.78 is 39.8. The summed E-state index contributed by atoms with van der Waals surface area (Å²) in [7, 11) is -2.40. The Balaban J connectivity index is 1.80. The van der Waals surface area contributed by atoms with Crippen molar-refractivity contribution >= 4 is 44.6 Å². The van der Waals surface area contributed by atoms with Crippen LogP contribution in [0.1, 0.15) is 15.2 Å². The van der Waals surface area contributed by atoms with E-state index in [1.54, 1.807) is 29.6 Å². The predicted octanol–water partition coefficient (Wildman–Crippen LogP) is 4.30. The molecule has 9 heteroatoms. The SMILES string of the molecule is CN(c1ccsc1C(=O)NCc1ccc(F)cc1Cl)S(=O)(=O)c1ccccc1. The molecule has 146 valence electrons. The molecule has 0 aliphatic carbocycles. The maximum absolute atomic E-state index is 13.1. The monoisotopic (exact) mass is 438 g/mol. The van der Waals surface area contributed by atoms with Crippen molar-refractivity contribution < 1.29 is 17.6 Å². The number of anilines is 1. The third-order valence-corrected chi connectivity index (χ3v) is 7.09. The molecule has 5 nitrogen and oxygen atoms in total. The quantitative estimate of drug-likeness (QED) is 0.624. The van der Waals surface area contributed by atoms with Gasteiger partial charge in [-0.05, 0) is 41.3 Å². The Hall–Kier alpha value is -2.42. The first kappa shape index (κ1) is 20.3. The van der Waals surface area contributed by atoms with Crippen LogP contribution in [0.3, 0.4) is 0 Å². The van der Waals surface area contributed by atoms with Crippen LogP contribution in [-0.4, -0.2) is 21.4 Å². The highest BCUT2D eigenvalue weighted by Gasteiger charge is 2.26.